The van der Waals surface area contributed by atoms with Crippen LogP contribution < -0.4 is 10.1 Å². The lowest BCUT2D eigenvalue weighted by Gasteiger charge is -2.20. The predicted octanol–water partition coefficient (Wildman–Crippen LogP) is 3.11. The van der Waals surface area contributed by atoms with E-state index in [-0.39, 0.29) is 18.4 Å². The van der Waals surface area contributed by atoms with Gasteiger partial charge in [-0.25, -0.2) is 0 Å². The molecule has 100 valence electrons. The van der Waals surface area contributed by atoms with Gasteiger partial charge in [0.15, 0.2) is 6.61 Å². The number of nitrogens with one attached hydrogen (secondary N) is 1. The number of benzene rings is 1. The summed E-state index contributed by atoms with van der Waals surface area (Å²) in [6.07, 6.45) is 5.49. The van der Waals surface area contributed by atoms with Gasteiger partial charge in [-0.3, -0.25) is 4.79 Å². The molecule has 1 aromatic carbocycles. The minimum Gasteiger partial charge on any atom is -0.479 e. The van der Waals surface area contributed by atoms with Crippen LogP contribution in [0.15, 0.2) is 24.3 Å². The number of nitrogens with zero attached hydrogens (tertiary/aromatic N) is 1. The van der Waals surface area contributed by atoms with Gasteiger partial charge in [0.1, 0.15) is 11.8 Å². The van der Waals surface area contributed by atoms with Crippen molar-refractivity contribution in [2.75, 3.05) is 11.9 Å². The van der Waals surface area contributed by atoms with Crippen LogP contribution >= 0.6 is 0 Å². The van der Waals surface area contributed by atoms with Gasteiger partial charge >= 0.3 is 0 Å². The molecular weight excluding hydrogens is 240 g/mol. The first kappa shape index (κ1) is 13.4. The summed E-state index contributed by atoms with van der Waals surface area (Å²) < 4.78 is 5.21. The van der Waals surface area contributed by atoms with Crippen molar-refractivity contribution in [1.82, 2.24) is 0 Å². The fraction of sp³-hybridized carbons (Fsp3) is 0.467. The second kappa shape index (κ2) is 6.79. The van der Waals surface area contributed by atoms with E-state index in [0.29, 0.717) is 5.75 Å². The molecule has 0 atom stereocenters. The minimum absolute atomic E-state index is 0.0139. The van der Waals surface area contributed by atoms with Crippen LogP contribution in [-0.4, -0.2) is 12.5 Å². The molecule has 1 aliphatic carbocycles. The van der Waals surface area contributed by atoms with E-state index in [1.54, 1.807) is 12.1 Å². The van der Waals surface area contributed by atoms with E-state index < -0.39 is 0 Å². The zero-order valence-electron chi connectivity index (χ0n) is 10.9. The van der Waals surface area contributed by atoms with Crippen LogP contribution in [0.25, 0.3) is 0 Å². The topological polar surface area (TPSA) is 62.1 Å². The Morgan fingerprint density at radius 3 is 2.89 bits per heavy atom. The van der Waals surface area contributed by atoms with E-state index in [0.717, 1.165) is 31.4 Å². The van der Waals surface area contributed by atoms with Crippen molar-refractivity contribution >= 4 is 11.6 Å². The number of ether oxygens (including phenoxy) is 1. The van der Waals surface area contributed by atoms with E-state index in [1.165, 1.54) is 6.42 Å². The van der Waals surface area contributed by atoms with E-state index in [2.05, 4.69) is 5.32 Å². The van der Waals surface area contributed by atoms with Crippen molar-refractivity contribution < 1.29 is 9.53 Å². The van der Waals surface area contributed by atoms with Gasteiger partial charge in [-0.05, 0) is 25.0 Å². The maximum Gasteiger partial charge on any atom is 0.227 e. The third-order valence-corrected chi connectivity index (χ3v) is 3.38. The molecule has 4 nitrogen and oxygen atoms in total. The Hall–Kier alpha value is -2.02. The lowest BCUT2D eigenvalue weighted by molar-refractivity contribution is -0.120. The van der Waals surface area contributed by atoms with Gasteiger partial charge in [0.05, 0.1) is 0 Å². The molecular formula is C15H18N2O2. The maximum atomic E-state index is 12.1. The van der Waals surface area contributed by atoms with E-state index in [9.17, 15) is 4.79 Å². The lowest BCUT2D eigenvalue weighted by atomic mass is 9.88. The predicted molar refractivity (Wildman–Crippen MR) is 72.8 cm³/mol. The van der Waals surface area contributed by atoms with Gasteiger partial charge < -0.3 is 10.1 Å². The summed E-state index contributed by atoms with van der Waals surface area (Å²) in [7, 11) is 0. The number of nitriles is 1. The van der Waals surface area contributed by atoms with E-state index in [4.69, 9.17) is 10.00 Å². The standard InChI is InChI=1S/C15H18N2O2/c16-9-10-19-14-8-4-7-13(11-14)17-15(18)12-5-2-1-3-6-12/h4,7-8,11-12H,1-3,5-6,10H2,(H,17,18). The number of carbonyl (C=O) groups excluding carboxylic acids is 1. The molecule has 0 heterocycles. The second-order valence-corrected chi connectivity index (χ2v) is 4.80. The maximum absolute atomic E-state index is 12.1. The van der Waals surface area contributed by atoms with Gasteiger partial charge in [0.25, 0.3) is 0 Å². The molecule has 1 aliphatic rings. The minimum atomic E-state index is 0.0139. The van der Waals surface area contributed by atoms with Gasteiger partial charge in [0, 0.05) is 17.7 Å². The zero-order valence-corrected chi connectivity index (χ0v) is 10.9. The largest absolute Gasteiger partial charge is 0.479 e. The molecule has 0 aromatic heterocycles. The Kier molecular flexibility index (Phi) is 4.79. The average Bonchev–Trinajstić information content (AvgIpc) is 2.46. The summed E-state index contributed by atoms with van der Waals surface area (Å²) in [6, 6.07) is 9.08. The van der Waals surface area contributed by atoms with Crippen molar-refractivity contribution in [2.24, 2.45) is 5.92 Å². The molecule has 1 fully saturated rings. The van der Waals surface area contributed by atoms with Crippen molar-refractivity contribution in [1.29, 1.82) is 5.26 Å². The molecule has 1 N–H and O–H groups in total. The molecule has 0 radical (unpaired) electrons. The van der Waals surface area contributed by atoms with Crippen molar-refractivity contribution in [3.8, 4) is 11.8 Å². The monoisotopic (exact) mass is 258 g/mol. The molecule has 0 unspecified atom stereocenters. The summed E-state index contributed by atoms with van der Waals surface area (Å²) in [5, 5.41) is 11.4. The van der Waals surface area contributed by atoms with Gasteiger partial charge in [0.2, 0.25) is 5.91 Å². The van der Waals surface area contributed by atoms with E-state index in [1.807, 2.05) is 18.2 Å². The summed E-state index contributed by atoms with van der Waals surface area (Å²) in [4.78, 5) is 12.1. The summed E-state index contributed by atoms with van der Waals surface area (Å²) in [6.45, 7) is 0.0139. The molecule has 0 aliphatic heterocycles. The van der Waals surface area contributed by atoms with Crippen LogP contribution in [0, 0.1) is 17.2 Å². The molecule has 1 saturated carbocycles. The highest BCUT2D eigenvalue weighted by Gasteiger charge is 2.20. The molecule has 1 amide bonds. The SMILES string of the molecule is N#CCOc1cccc(NC(=O)C2CCCCC2)c1. The number of amides is 1. The molecule has 19 heavy (non-hydrogen) atoms. The fourth-order valence-electron chi connectivity index (χ4n) is 2.39. The molecule has 0 spiro atoms. The highest BCUT2D eigenvalue weighted by Crippen LogP contribution is 2.25. The normalized spacial score (nSPS) is 15.5. The first-order valence-corrected chi connectivity index (χ1v) is 6.70. The van der Waals surface area contributed by atoms with Crippen LogP contribution in [0.1, 0.15) is 32.1 Å². The highest BCUT2D eigenvalue weighted by atomic mass is 16.5. The Morgan fingerprint density at radius 2 is 2.16 bits per heavy atom. The fourth-order valence-corrected chi connectivity index (χ4v) is 2.39. The first-order chi connectivity index (χ1) is 9.29. The highest BCUT2D eigenvalue weighted by molar-refractivity contribution is 5.92. The summed E-state index contributed by atoms with van der Waals surface area (Å²) in [5.41, 5.74) is 0.728. The smallest absolute Gasteiger partial charge is 0.227 e. The van der Waals surface area contributed by atoms with Gasteiger partial charge in [-0.2, -0.15) is 5.26 Å². The van der Waals surface area contributed by atoms with Crippen LogP contribution in [0.2, 0.25) is 0 Å². The van der Waals surface area contributed by atoms with Crippen LogP contribution in [0.4, 0.5) is 5.69 Å². The zero-order chi connectivity index (χ0) is 13.5. The molecule has 0 saturated heterocycles. The third kappa shape index (κ3) is 3.99. The lowest BCUT2D eigenvalue weighted by Crippen LogP contribution is -2.24. The Bertz CT molecular complexity index is 473. The Morgan fingerprint density at radius 1 is 1.37 bits per heavy atom. The molecule has 2 rings (SSSR count). The quantitative estimate of drug-likeness (QED) is 0.902. The van der Waals surface area contributed by atoms with Gasteiger partial charge in [-0.1, -0.05) is 25.3 Å². The van der Waals surface area contributed by atoms with Crippen LogP contribution in [0.5, 0.6) is 5.75 Å². The number of carbonyl (C=O) groups is 1. The molecule has 0 bridgehead atoms. The van der Waals surface area contributed by atoms with Crippen molar-refractivity contribution in [2.45, 2.75) is 32.1 Å². The van der Waals surface area contributed by atoms with Crippen molar-refractivity contribution in [3.63, 3.8) is 0 Å². The molecule has 1 aromatic rings. The first-order valence-electron chi connectivity index (χ1n) is 6.70. The number of hydrogen-bond donors (Lipinski definition) is 1. The van der Waals surface area contributed by atoms with Gasteiger partial charge in [-0.15, -0.1) is 0 Å². The number of hydrogen-bond acceptors (Lipinski definition) is 3. The third-order valence-electron chi connectivity index (χ3n) is 3.38. The Labute approximate surface area is 113 Å². The average molecular weight is 258 g/mol. The van der Waals surface area contributed by atoms with Crippen molar-refractivity contribution in [3.05, 3.63) is 24.3 Å². The number of rotatable bonds is 4. The van der Waals surface area contributed by atoms with Crippen LogP contribution in [0.3, 0.4) is 0 Å². The number of anilines is 1. The van der Waals surface area contributed by atoms with Crippen LogP contribution in [-0.2, 0) is 4.79 Å². The Balaban J connectivity index is 1.94. The summed E-state index contributed by atoms with van der Waals surface area (Å²) >= 11 is 0. The molecule has 4 heteroatoms. The van der Waals surface area contributed by atoms with E-state index >= 15 is 0 Å². The summed E-state index contributed by atoms with van der Waals surface area (Å²) in [5.74, 6) is 0.831. The second-order valence-electron chi connectivity index (χ2n) is 4.80.